The first kappa shape index (κ1) is 17.1. The number of benzene rings is 1. The fourth-order valence-electron chi connectivity index (χ4n) is 1.57. The van der Waals surface area contributed by atoms with Crippen molar-refractivity contribution in [1.29, 1.82) is 0 Å². The smallest absolute Gasteiger partial charge is 0.323 e. The Morgan fingerprint density at radius 1 is 1.24 bits per heavy atom. The maximum Gasteiger partial charge on any atom is 0.323 e. The zero-order valence-electron chi connectivity index (χ0n) is 11.6. The molecule has 1 aromatic carbocycles. The normalized spacial score (nSPS) is 13.3. The van der Waals surface area contributed by atoms with Gasteiger partial charge >= 0.3 is 11.9 Å². The SMILES string of the molecule is NCC(=O)OCC(CO)OC(=O)[C@@H](N)Cc1ccccc1. The van der Waals surface area contributed by atoms with E-state index < -0.39 is 30.7 Å². The second kappa shape index (κ2) is 9.06. The quantitative estimate of drug-likeness (QED) is 0.523. The summed E-state index contributed by atoms with van der Waals surface area (Å²) in [6, 6.07) is 8.39. The number of rotatable bonds is 8. The molecule has 0 amide bonds. The Labute approximate surface area is 122 Å². The van der Waals surface area contributed by atoms with E-state index in [1.807, 2.05) is 30.3 Å². The summed E-state index contributed by atoms with van der Waals surface area (Å²) in [5.74, 6) is -1.31. The van der Waals surface area contributed by atoms with E-state index in [0.29, 0.717) is 6.42 Å². The number of esters is 2. The molecule has 7 heteroatoms. The van der Waals surface area contributed by atoms with Gasteiger partial charge in [0.05, 0.1) is 13.2 Å². The average molecular weight is 296 g/mol. The minimum atomic E-state index is -0.949. The van der Waals surface area contributed by atoms with E-state index in [2.05, 4.69) is 0 Å². The van der Waals surface area contributed by atoms with Gasteiger partial charge in [0, 0.05) is 0 Å². The molecular weight excluding hydrogens is 276 g/mol. The second-order valence-corrected chi connectivity index (χ2v) is 4.42. The van der Waals surface area contributed by atoms with Crippen LogP contribution in [0.5, 0.6) is 0 Å². The number of aliphatic hydroxyl groups is 1. The Kier molecular flexibility index (Phi) is 7.38. The largest absolute Gasteiger partial charge is 0.461 e. The molecule has 1 rings (SSSR count). The Morgan fingerprint density at radius 2 is 1.90 bits per heavy atom. The van der Waals surface area contributed by atoms with Gasteiger partial charge in [-0.3, -0.25) is 9.59 Å². The topological polar surface area (TPSA) is 125 Å². The lowest BCUT2D eigenvalue weighted by molar-refractivity contribution is -0.161. The monoisotopic (exact) mass is 296 g/mol. The number of nitrogens with two attached hydrogens (primary N) is 2. The Bertz CT molecular complexity index is 452. The third-order valence-electron chi connectivity index (χ3n) is 2.68. The van der Waals surface area contributed by atoms with Crippen LogP contribution in [0.25, 0.3) is 0 Å². The van der Waals surface area contributed by atoms with Crippen molar-refractivity contribution in [2.75, 3.05) is 19.8 Å². The molecule has 0 bridgehead atoms. The van der Waals surface area contributed by atoms with Crippen molar-refractivity contribution in [3.05, 3.63) is 35.9 Å². The predicted molar refractivity (Wildman–Crippen MR) is 75.1 cm³/mol. The summed E-state index contributed by atoms with van der Waals surface area (Å²) in [5.41, 5.74) is 11.7. The van der Waals surface area contributed by atoms with E-state index in [1.165, 1.54) is 0 Å². The van der Waals surface area contributed by atoms with Crippen LogP contribution in [0.3, 0.4) is 0 Å². The lowest BCUT2D eigenvalue weighted by atomic mass is 10.1. The molecule has 2 atom stereocenters. The predicted octanol–water partition coefficient (Wildman–Crippen LogP) is -1.04. The molecule has 1 unspecified atom stereocenters. The van der Waals surface area contributed by atoms with E-state index in [1.54, 1.807) is 0 Å². The molecule has 0 saturated heterocycles. The highest BCUT2D eigenvalue weighted by Crippen LogP contribution is 2.04. The van der Waals surface area contributed by atoms with Crippen LogP contribution in [0.4, 0.5) is 0 Å². The number of carbonyl (C=O) groups excluding carboxylic acids is 2. The second-order valence-electron chi connectivity index (χ2n) is 4.42. The molecule has 0 radical (unpaired) electrons. The van der Waals surface area contributed by atoms with E-state index >= 15 is 0 Å². The highest BCUT2D eigenvalue weighted by atomic mass is 16.6. The maximum absolute atomic E-state index is 11.8. The van der Waals surface area contributed by atoms with Gasteiger partial charge in [0.2, 0.25) is 0 Å². The van der Waals surface area contributed by atoms with Crippen molar-refractivity contribution in [3.8, 4) is 0 Å². The van der Waals surface area contributed by atoms with Gasteiger partial charge in [-0.1, -0.05) is 30.3 Å². The summed E-state index contributed by atoms with van der Waals surface area (Å²) in [4.78, 5) is 22.7. The number of aliphatic hydroxyl groups excluding tert-OH is 1. The van der Waals surface area contributed by atoms with E-state index in [0.717, 1.165) is 5.56 Å². The van der Waals surface area contributed by atoms with Gasteiger partial charge in [0.15, 0.2) is 6.10 Å². The first-order valence-electron chi connectivity index (χ1n) is 6.53. The van der Waals surface area contributed by atoms with Gasteiger partial charge in [0.1, 0.15) is 12.6 Å². The summed E-state index contributed by atoms with van der Waals surface area (Å²) in [5, 5.41) is 9.09. The summed E-state index contributed by atoms with van der Waals surface area (Å²) < 4.78 is 9.70. The average Bonchev–Trinajstić information content (AvgIpc) is 2.51. The molecule has 0 aromatic heterocycles. The van der Waals surface area contributed by atoms with Gasteiger partial charge < -0.3 is 26.0 Å². The zero-order valence-corrected chi connectivity index (χ0v) is 11.6. The van der Waals surface area contributed by atoms with Crippen LogP contribution in [0.15, 0.2) is 30.3 Å². The lowest BCUT2D eigenvalue weighted by Crippen LogP contribution is -2.39. The van der Waals surface area contributed by atoms with Crippen LogP contribution in [-0.4, -0.2) is 48.9 Å². The minimum Gasteiger partial charge on any atom is -0.461 e. The van der Waals surface area contributed by atoms with Gasteiger partial charge in [-0.25, -0.2) is 0 Å². The van der Waals surface area contributed by atoms with Gasteiger partial charge in [-0.15, -0.1) is 0 Å². The molecular formula is C14H20N2O5. The van der Waals surface area contributed by atoms with Crippen molar-refractivity contribution in [1.82, 2.24) is 0 Å². The van der Waals surface area contributed by atoms with E-state index in [-0.39, 0.29) is 13.2 Å². The molecule has 7 nitrogen and oxygen atoms in total. The molecule has 0 spiro atoms. The van der Waals surface area contributed by atoms with Gasteiger partial charge in [-0.05, 0) is 12.0 Å². The van der Waals surface area contributed by atoms with Crippen molar-refractivity contribution < 1.29 is 24.2 Å². The molecule has 5 N–H and O–H groups in total. The molecule has 0 saturated carbocycles. The van der Waals surface area contributed by atoms with Crippen LogP contribution in [0.2, 0.25) is 0 Å². The zero-order chi connectivity index (χ0) is 15.7. The number of hydrogen-bond donors (Lipinski definition) is 3. The third kappa shape index (κ3) is 6.35. The minimum absolute atomic E-state index is 0.254. The van der Waals surface area contributed by atoms with Crippen LogP contribution in [-0.2, 0) is 25.5 Å². The first-order chi connectivity index (χ1) is 10.1. The van der Waals surface area contributed by atoms with Crippen molar-refractivity contribution in [2.24, 2.45) is 11.5 Å². The Morgan fingerprint density at radius 3 is 2.48 bits per heavy atom. The van der Waals surface area contributed by atoms with Crippen molar-refractivity contribution >= 4 is 11.9 Å². The van der Waals surface area contributed by atoms with Crippen LogP contribution in [0, 0.1) is 0 Å². The van der Waals surface area contributed by atoms with E-state index in [4.69, 9.17) is 26.0 Å². The molecule has 0 aliphatic rings. The highest BCUT2D eigenvalue weighted by molar-refractivity contribution is 5.76. The molecule has 0 aliphatic heterocycles. The molecule has 21 heavy (non-hydrogen) atoms. The molecule has 0 aliphatic carbocycles. The maximum atomic E-state index is 11.8. The Balaban J connectivity index is 2.44. The standard InChI is InChI=1S/C14H20N2O5/c15-7-13(18)20-9-11(8-17)21-14(19)12(16)6-10-4-2-1-3-5-10/h1-5,11-12,17H,6-9,15-16H2/t11?,12-/m0/s1. The van der Waals surface area contributed by atoms with Crippen molar-refractivity contribution in [3.63, 3.8) is 0 Å². The Hall–Kier alpha value is -1.96. The molecule has 1 aromatic rings. The molecule has 0 fully saturated rings. The summed E-state index contributed by atoms with van der Waals surface area (Å²) in [6.07, 6.45) is -0.629. The number of carbonyl (C=O) groups is 2. The molecule has 116 valence electrons. The van der Waals surface area contributed by atoms with Gasteiger partial charge in [0.25, 0.3) is 0 Å². The van der Waals surface area contributed by atoms with Crippen LogP contribution >= 0.6 is 0 Å². The number of hydrogen-bond acceptors (Lipinski definition) is 7. The fraction of sp³-hybridized carbons (Fsp3) is 0.429. The number of ether oxygens (including phenoxy) is 2. The highest BCUT2D eigenvalue weighted by Gasteiger charge is 2.21. The summed E-state index contributed by atoms with van der Waals surface area (Å²) in [6.45, 7) is -1.00. The van der Waals surface area contributed by atoms with Crippen LogP contribution in [0.1, 0.15) is 5.56 Å². The summed E-state index contributed by atoms with van der Waals surface area (Å²) in [7, 11) is 0. The summed E-state index contributed by atoms with van der Waals surface area (Å²) >= 11 is 0. The first-order valence-corrected chi connectivity index (χ1v) is 6.53. The lowest BCUT2D eigenvalue weighted by Gasteiger charge is -2.18. The van der Waals surface area contributed by atoms with Crippen molar-refractivity contribution in [2.45, 2.75) is 18.6 Å². The third-order valence-corrected chi connectivity index (χ3v) is 2.68. The fourth-order valence-corrected chi connectivity index (χ4v) is 1.57. The van der Waals surface area contributed by atoms with E-state index in [9.17, 15) is 9.59 Å². The van der Waals surface area contributed by atoms with Gasteiger partial charge in [-0.2, -0.15) is 0 Å². The molecule has 0 heterocycles. The van der Waals surface area contributed by atoms with Crippen LogP contribution < -0.4 is 11.5 Å².